The van der Waals surface area contributed by atoms with E-state index in [0.717, 1.165) is 17.0 Å². The maximum Gasteiger partial charge on any atom is 0.0914 e. The topological polar surface area (TPSA) is 51.8 Å². The second-order valence-electron chi connectivity index (χ2n) is 3.23. The quantitative estimate of drug-likeness (QED) is 0.751. The van der Waals surface area contributed by atoms with Crippen molar-refractivity contribution in [2.24, 2.45) is 0 Å². The molecule has 0 amide bonds. The molecular weight excluding hydrogens is 210 g/mol. The molecule has 0 bridgehead atoms. The van der Waals surface area contributed by atoms with Crippen molar-refractivity contribution < 1.29 is 0 Å². The lowest BCUT2D eigenvalue weighted by Crippen LogP contribution is -1.92. The average Bonchev–Trinajstić information content (AvgIpc) is 2.23. The Morgan fingerprint density at radius 3 is 2.60 bits per heavy atom. The molecule has 1 heterocycles. The zero-order chi connectivity index (χ0) is 10.8. The molecule has 1 aromatic carbocycles. The van der Waals surface area contributed by atoms with Gasteiger partial charge in [-0.2, -0.15) is 0 Å². The Hall–Kier alpha value is -1.61. The number of benzene rings is 1. The number of anilines is 1. The molecule has 0 saturated carbocycles. The van der Waals surface area contributed by atoms with E-state index in [-0.39, 0.29) is 0 Å². The van der Waals surface area contributed by atoms with Crippen molar-refractivity contribution in [3.8, 4) is 11.3 Å². The first kappa shape index (κ1) is 9.93. The van der Waals surface area contributed by atoms with Crippen LogP contribution >= 0.6 is 11.6 Å². The molecule has 0 aliphatic rings. The van der Waals surface area contributed by atoms with Crippen molar-refractivity contribution in [1.82, 2.24) is 9.97 Å². The predicted octanol–water partition coefficient (Wildman–Crippen LogP) is 2.69. The SMILES string of the molecule is Cc1nccnc1-c1ccc(N)c(Cl)c1. The van der Waals surface area contributed by atoms with Crippen LogP contribution in [-0.2, 0) is 0 Å². The van der Waals surface area contributed by atoms with E-state index in [2.05, 4.69) is 9.97 Å². The molecule has 0 saturated heterocycles. The van der Waals surface area contributed by atoms with Gasteiger partial charge >= 0.3 is 0 Å². The Morgan fingerprint density at radius 1 is 1.20 bits per heavy atom. The summed E-state index contributed by atoms with van der Waals surface area (Å²) in [5, 5.41) is 0.539. The number of nitrogen functional groups attached to an aromatic ring is 1. The summed E-state index contributed by atoms with van der Waals surface area (Å²) in [4.78, 5) is 8.43. The van der Waals surface area contributed by atoms with Gasteiger partial charge in [0.1, 0.15) is 0 Å². The van der Waals surface area contributed by atoms with E-state index in [1.165, 1.54) is 0 Å². The van der Waals surface area contributed by atoms with Crippen LogP contribution in [0.3, 0.4) is 0 Å². The Bertz CT molecular complexity index is 497. The number of aryl methyl sites for hydroxylation is 1. The van der Waals surface area contributed by atoms with E-state index in [0.29, 0.717) is 10.7 Å². The summed E-state index contributed by atoms with van der Waals surface area (Å²) in [6.45, 7) is 1.91. The summed E-state index contributed by atoms with van der Waals surface area (Å²) in [5.41, 5.74) is 8.84. The van der Waals surface area contributed by atoms with Gasteiger partial charge in [-0.3, -0.25) is 9.97 Å². The minimum atomic E-state index is 0.539. The van der Waals surface area contributed by atoms with Gasteiger partial charge in [0.25, 0.3) is 0 Å². The van der Waals surface area contributed by atoms with Crippen molar-refractivity contribution in [3.05, 3.63) is 41.3 Å². The molecular formula is C11H10ClN3. The van der Waals surface area contributed by atoms with Gasteiger partial charge < -0.3 is 5.73 Å². The van der Waals surface area contributed by atoms with Crippen LogP contribution in [0, 0.1) is 6.92 Å². The average molecular weight is 220 g/mol. The summed E-state index contributed by atoms with van der Waals surface area (Å²) >= 11 is 5.94. The molecule has 0 radical (unpaired) electrons. The lowest BCUT2D eigenvalue weighted by molar-refractivity contribution is 1.12. The standard InChI is InChI=1S/C11H10ClN3/c1-7-11(15-5-4-14-7)8-2-3-10(13)9(12)6-8/h2-6H,13H2,1H3. The summed E-state index contributed by atoms with van der Waals surface area (Å²) in [7, 11) is 0. The maximum atomic E-state index is 5.94. The van der Waals surface area contributed by atoms with E-state index in [9.17, 15) is 0 Å². The third-order valence-electron chi connectivity index (χ3n) is 2.16. The molecule has 0 atom stereocenters. The third kappa shape index (κ3) is 1.92. The van der Waals surface area contributed by atoms with E-state index in [4.69, 9.17) is 17.3 Å². The molecule has 0 aliphatic carbocycles. The molecule has 4 heteroatoms. The lowest BCUT2D eigenvalue weighted by Gasteiger charge is -2.05. The van der Waals surface area contributed by atoms with Crippen LogP contribution in [-0.4, -0.2) is 9.97 Å². The molecule has 15 heavy (non-hydrogen) atoms. The highest BCUT2D eigenvalue weighted by atomic mass is 35.5. The van der Waals surface area contributed by atoms with Gasteiger partial charge in [-0.15, -0.1) is 0 Å². The second-order valence-corrected chi connectivity index (χ2v) is 3.63. The summed E-state index contributed by atoms with van der Waals surface area (Å²) in [6, 6.07) is 5.46. The van der Waals surface area contributed by atoms with Gasteiger partial charge in [0.05, 0.1) is 22.1 Å². The number of nitrogens with two attached hydrogens (primary N) is 1. The largest absolute Gasteiger partial charge is 0.398 e. The van der Waals surface area contributed by atoms with Crippen LogP contribution in [0.1, 0.15) is 5.69 Å². The van der Waals surface area contributed by atoms with Crippen LogP contribution in [0.4, 0.5) is 5.69 Å². The fraction of sp³-hybridized carbons (Fsp3) is 0.0909. The third-order valence-corrected chi connectivity index (χ3v) is 2.48. The van der Waals surface area contributed by atoms with Crippen molar-refractivity contribution in [2.75, 3.05) is 5.73 Å². The fourth-order valence-electron chi connectivity index (χ4n) is 1.37. The molecule has 2 N–H and O–H groups in total. The monoisotopic (exact) mass is 219 g/mol. The van der Waals surface area contributed by atoms with Gasteiger partial charge in [0.2, 0.25) is 0 Å². The van der Waals surface area contributed by atoms with Crippen LogP contribution in [0.15, 0.2) is 30.6 Å². The van der Waals surface area contributed by atoms with Crippen LogP contribution in [0.5, 0.6) is 0 Å². The predicted molar refractivity (Wildman–Crippen MR) is 61.6 cm³/mol. The number of hydrogen-bond donors (Lipinski definition) is 1. The van der Waals surface area contributed by atoms with E-state index < -0.39 is 0 Å². The van der Waals surface area contributed by atoms with Crippen LogP contribution < -0.4 is 5.73 Å². The zero-order valence-corrected chi connectivity index (χ0v) is 8.99. The molecule has 0 unspecified atom stereocenters. The molecule has 0 spiro atoms. The number of nitrogens with zero attached hydrogens (tertiary/aromatic N) is 2. The Kier molecular flexibility index (Phi) is 2.56. The molecule has 1 aromatic heterocycles. The van der Waals surface area contributed by atoms with Gasteiger partial charge in [0, 0.05) is 18.0 Å². The molecule has 76 valence electrons. The number of hydrogen-bond acceptors (Lipinski definition) is 3. The first-order valence-corrected chi connectivity index (χ1v) is 4.89. The van der Waals surface area contributed by atoms with Crippen molar-refractivity contribution >= 4 is 17.3 Å². The first-order chi connectivity index (χ1) is 7.18. The zero-order valence-electron chi connectivity index (χ0n) is 8.24. The van der Waals surface area contributed by atoms with Gasteiger partial charge in [-0.25, -0.2) is 0 Å². The highest BCUT2D eigenvalue weighted by Gasteiger charge is 2.05. The van der Waals surface area contributed by atoms with E-state index in [1.54, 1.807) is 24.5 Å². The normalized spacial score (nSPS) is 10.3. The van der Waals surface area contributed by atoms with Crippen molar-refractivity contribution in [2.45, 2.75) is 6.92 Å². The number of rotatable bonds is 1. The Morgan fingerprint density at radius 2 is 1.93 bits per heavy atom. The lowest BCUT2D eigenvalue weighted by atomic mass is 10.1. The molecule has 3 nitrogen and oxygen atoms in total. The van der Waals surface area contributed by atoms with Gasteiger partial charge in [-0.05, 0) is 19.1 Å². The van der Waals surface area contributed by atoms with E-state index in [1.807, 2.05) is 13.0 Å². The maximum absolute atomic E-state index is 5.94. The van der Waals surface area contributed by atoms with Crippen LogP contribution in [0.2, 0.25) is 5.02 Å². The fourth-order valence-corrected chi connectivity index (χ4v) is 1.55. The van der Waals surface area contributed by atoms with Crippen LogP contribution in [0.25, 0.3) is 11.3 Å². The molecule has 0 fully saturated rings. The van der Waals surface area contributed by atoms with E-state index >= 15 is 0 Å². The number of aromatic nitrogens is 2. The summed E-state index contributed by atoms with van der Waals surface area (Å²) in [5.74, 6) is 0. The Balaban J connectivity index is 2.55. The second kappa shape index (κ2) is 3.87. The molecule has 2 rings (SSSR count). The van der Waals surface area contributed by atoms with Gasteiger partial charge in [0.15, 0.2) is 0 Å². The molecule has 2 aromatic rings. The summed E-state index contributed by atoms with van der Waals surface area (Å²) in [6.07, 6.45) is 3.32. The Labute approximate surface area is 92.9 Å². The van der Waals surface area contributed by atoms with Crippen molar-refractivity contribution in [3.63, 3.8) is 0 Å². The minimum absolute atomic E-state index is 0.539. The molecule has 0 aliphatic heterocycles. The van der Waals surface area contributed by atoms with Gasteiger partial charge in [-0.1, -0.05) is 17.7 Å². The summed E-state index contributed by atoms with van der Waals surface area (Å²) < 4.78 is 0. The number of halogens is 1. The smallest absolute Gasteiger partial charge is 0.0914 e. The highest BCUT2D eigenvalue weighted by molar-refractivity contribution is 6.33. The highest BCUT2D eigenvalue weighted by Crippen LogP contribution is 2.26. The first-order valence-electron chi connectivity index (χ1n) is 4.51. The minimum Gasteiger partial charge on any atom is -0.398 e. The van der Waals surface area contributed by atoms with Crippen molar-refractivity contribution in [1.29, 1.82) is 0 Å².